The Balaban J connectivity index is 1.66. The van der Waals surface area contributed by atoms with Crippen LogP contribution in [0.5, 0.6) is 0 Å². The number of hydrogen-bond acceptors (Lipinski definition) is 2. The third-order valence-electron chi connectivity index (χ3n) is 4.57. The van der Waals surface area contributed by atoms with Crippen molar-refractivity contribution in [3.8, 4) is 0 Å². The summed E-state index contributed by atoms with van der Waals surface area (Å²) in [5.74, 6) is 1.71. The molecule has 0 aliphatic heterocycles. The Bertz CT molecular complexity index is 446. The topological polar surface area (TPSA) is 29.9 Å². The van der Waals surface area contributed by atoms with E-state index in [4.69, 9.17) is 0 Å². The molecule has 0 aromatic carbocycles. The first kappa shape index (κ1) is 11.0. The molecule has 2 aliphatic rings. The van der Waals surface area contributed by atoms with E-state index in [0.717, 1.165) is 11.8 Å². The molecule has 0 spiro atoms. The zero-order chi connectivity index (χ0) is 12.0. The third-order valence-corrected chi connectivity index (χ3v) is 4.57. The van der Waals surface area contributed by atoms with E-state index in [-0.39, 0.29) is 0 Å². The van der Waals surface area contributed by atoms with Crippen LogP contribution in [-0.2, 0) is 7.05 Å². The quantitative estimate of drug-likeness (QED) is 0.809. The Kier molecular flexibility index (Phi) is 2.58. The summed E-state index contributed by atoms with van der Waals surface area (Å²) >= 11 is 0. The second-order valence-corrected chi connectivity index (χ2v) is 5.54. The van der Waals surface area contributed by atoms with Gasteiger partial charge in [0.25, 0.3) is 0 Å². The summed E-state index contributed by atoms with van der Waals surface area (Å²) in [6, 6.07) is 1.08. The molecule has 92 valence electrons. The minimum Gasteiger partial charge on any atom is -0.307 e. The molecule has 1 saturated carbocycles. The molecule has 0 saturated heterocycles. The lowest BCUT2D eigenvalue weighted by molar-refractivity contribution is 0.152. The monoisotopic (exact) mass is 231 g/mol. The second kappa shape index (κ2) is 3.98. The van der Waals surface area contributed by atoms with Crippen molar-refractivity contribution in [1.29, 1.82) is 0 Å². The Morgan fingerprint density at radius 2 is 2.35 bits per heavy atom. The maximum Gasteiger partial charge on any atom is 0.0540 e. The Morgan fingerprint density at radius 3 is 3.00 bits per heavy atom. The number of fused-ring (bicyclic) bond motifs is 1. The molecular weight excluding hydrogens is 210 g/mol. The fraction of sp³-hybridized carbons (Fsp3) is 0.643. The van der Waals surface area contributed by atoms with Crippen molar-refractivity contribution in [2.24, 2.45) is 18.9 Å². The third kappa shape index (κ3) is 1.73. The molecule has 3 rings (SSSR count). The molecule has 17 heavy (non-hydrogen) atoms. The van der Waals surface area contributed by atoms with E-state index in [0.29, 0.717) is 12.1 Å². The van der Waals surface area contributed by atoms with Crippen LogP contribution in [0.25, 0.3) is 0 Å². The van der Waals surface area contributed by atoms with Gasteiger partial charge in [-0.2, -0.15) is 5.10 Å². The molecule has 1 heterocycles. The summed E-state index contributed by atoms with van der Waals surface area (Å²) in [6.07, 6.45) is 9.36. The lowest BCUT2D eigenvalue weighted by Crippen LogP contribution is -2.48. The van der Waals surface area contributed by atoms with Gasteiger partial charge in [-0.15, -0.1) is 0 Å². The predicted octanol–water partition coefficient (Wildman–Crippen LogP) is 2.34. The van der Waals surface area contributed by atoms with Gasteiger partial charge in [-0.05, 0) is 38.5 Å². The minimum absolute atomic E-state index is 0.406. The number of rotatable bonds is 3. The van der Waals surface area contributed by atoms with Gasteiger partial charge in [0.1, 0.15) is 0 Å². The molecule has 2 aliphatic carbocycles. The summed E-state index contributed by atoms with van der Waals surface area (Å²) in [4.78, 5) is 0. The lowest BCUT2D eigenvalue weighted by atomic mass is 9.71. The molecule has 0 amide bonds. The Hall–Kier alpha value is -1.09. The van der Waals surface area contributed by atoms with Gasteiger partial charge in [0.05, 0.1) is 6.20 Å². The highest BCUT2D eigenvalue weighted by Gasteiger charge is 2.41. The van der Waals surface area contributed by atoms with Crippen LogP contribution in [0.3, 0.4) is 0 Å². The highest BCUT2D eigenvalue weighted by molar-refractivity contribution is 5.21. The fourth-order valence-electron chi connectivity index (χ4n) is 3.26. The van der Waals surface area contributed by atoms with E-state index >= 15 is 0 Å². The van der Waals surface area contributed by atoms with Gasteiger partial charge in [0.2, 0.25) is 0 Å². The van der Waals surface area contributed by atoms with Crippen LogP contribution in [0.15, 0.2) is 18.3 Å². The summed E-state index contributed by atoms with van der Waals surface area (Å²) in [7, 11) is 2.00. The number of nitrogens with one attached hydrogen (secondary N) is 1. The zero-order valence-electron chi connectivity index (χ0n) is 10.9. The normalized spacial score (nSPS) is 32.3. The van der Waals surface area contributed by atoms with Gasteiger partial charge < -0.3 is 5.32 Å². The number of aromatic nitrogens is 2. The number of allylic oxidation sites excluding steroid dienone is 1. The average Bonchev–Trinajstić information content (AvgIpc) is 2.81. The molecule has 1 aromatic heterocycles. The van der Waals surface area contributed by atoms with Gasteiger partial charge in [0.15, 0.2) is 0 Å². The zero-order valence-corrected chi connectivity index (χ0v) is 10.9. The van der Waals surface area contributed by atoms with Crippen molar-refractivity contribution < 1.29 is 0 Å². The van der Waals surface area contributed by atoms with Crippen molar-refractivity contribution in [3.63, 3.8) is 0 Å². The standard InChI is InChI=1S/C14H21N3/c1-9(13-8-15-17(3)10(13)2)16-14-7-11-5-4-6-12(11)14/h4,6,8-9,11-12,14,16H,5,7H2,1-3H3. The first-order chi connectivity index (χ1) is 8.16. The molecule has 0 bridgehead atoms. The molecular formula is C14H21N3. The van der Waals surface area contributed by atoms with E-state index < -0.39 is 0 Å². The minimum atomic E-state index is 0.406. The van der Waals surface area contributed by atoms with E-state index in [9.17, 15) is 0 Å². The molecule has 3 heteroatoms. The molecule has 4 atom stereocenters. The summed E-state index contributed by atoms with van der Waals surface area (Å²) < 4.78 is 1.95. The lowest BCUT2D eigenvalue weighted by Gasteiger charge is -2.42. The van der Waals surface area contributed by atoms with Crippen LogP contribution in [0.1, 0.15) is 37.1 Å². The van der Waals surface area contributed by atoms with Gasteiger partial charge >= 0.3 is 0 Å². The van der Waals surface area contributed by atoms with E-state index in [1.165, 1.54) is 24.1 Å². The van der Waals surface area contributed by atoms with Crippen molar-refractivity contribution in [2.45, 2.75) is 38.8 Å². The maximum absolute atomic E-state index is 4.32. The second-order valence-electron chi connectivity index (χ2n) is 5.54. The van der Waals surface area contributed by atoms with Crippen LogP contribution < -0.4 is 5.32 Å². The van der Waals surface area contributed by atoms with Gasteiger partial charge in [-0.25, -0.2) is 0 Å². The predicted molar refractivity (Wildman–Crippen MR) is 68.6 cm³/mol. The smallest absolute Gasteiger partial charge is 0.0540 e. The van der Waals surface area contributed by atoms with E-state index in [1.807, 2.05) is 17.9 Å². The van der Waals surface area contributed by atoms with Crippen LogP contribution in [0.4, 0.5) is 0 Å². The number of hydrogen-bond donors (Lipinski definition) is 1. The first-order valence-electron chi connectivity index (χ1n) is 6.58. The molecule has 0 radical (unpaired) electrons. The van der Waals surface area contributed by atoms with Gasteiger partial charge in [-0.1, -0.05) is 12.2 Å². The van der Waals surface area contributed by atoms with Crippen LogP contribution in [0.2, 0.25) is 0 Å². The highest BCUT2D eigenvalue weighted by atomic mass is 15.3. The SMILES string of the molecule is Cc1c(C(C)NC2CC3CC=CC32)cnn1C. The van der Waals surface area contributed by atoms with Crippen molar-refractivity contribution >= 4 is 0 Å². The molecule has 1 fully saturated rings. The summed E-state index contributed by atoms with van der Waals surface area (Å²) in [5.41, 5.74) is 2.60. The Labute approximate surface area is 103 Å². The number of aryl methyl sites for hydroxylation is 1. The molecule has 3 nitrogen and oxygen atoms in total. The van der Waals surface area contributed by atoms with E-state index in [1.54, 1.807) is 0 Å². The van der Waals surface area contributed by atoms with Crippen LogP contribution >= 0.6 is 0 Å². The van der Waals surface area contributed by atoms with Gasteiger partial charge in [0, 0.05) is 30.4 Å². The van der Waals surface area contributed by atoms with Crippen molar-refractivity contribution in [1.82, 2.24) is 15.1 Å². The molecule has 1 aromatic rings. The van der Waals surface area contributed by atoms with Crippen molar-refractivity contribution in [2.75, 3.05) is 0 Å². The number of nitrogens with zero attached hydrogens (tertiary/aromatic N) is 2. The van der Waals surface area contributed by atoms with Crippen LogP contribution in [0, 0.1) is 18.8 Å². The molecule has 4 unspecified atom stereocenters. The summed E-state index contributed by atoms with van der Waals surface area (Å²) in [5, 5.41) is 8.07. The maximum atomic E-state index is 4.32. The van der Waals surface area contributed by atoms with E-state index in [2.05, 4.69) is 36.4 Å². The largest absolute Gasteiger partial charge is 0.307 e. The highest BCUT2D eigenvalue weighted by Crippen LogP contribution is 2.43. The van der Waals surface area contributed by atoms with Crippen molar-refractivity contribution in [3.05, 3.63) is 29.6 Å². The average molecular weight is 231 g/mol. The first-order valence-corrected chi connectivity index (χ1v) is 6.58. The van der Waals surface area contributed by atoms with Gasteiger partial charge in [-0.3, -0.25) is 4.68 Å². The van der Waals surface area contributed by atoms with Crippen LogP contribution in [-0.4, -0.2) is 15.8 Å². The summed E-state index contributed by atoms with van der Waals surface area (Å²) in [6.45, 7) is 4.38. The molecule has 1 N–H and O–H groups in total. The fourth-order valence-corrected chi connectivity index (χ4v) is 3.26. The Morgan fingerprint density at radius 1 is 1.53 bits per heavy atom.